The summed E-state index contributed by atoms with van der Waals surface area (Å²) in [6.07, 6.45) is 15.8. The van der Waals surface area contributed by atoms with Gasteiger partial charge in [0.25, 0.3) is 0 Å². The summed E-state index contributed by atoms with van der Waals surface area (Å²) in [5.41, 5.74) is -0.707. The van der Waals surface area contributed by atoms with Crippen LogP contribution in [0.3, 0.4) is 0 Å². The van der Waals surface area contributed by atoms with Gasteiger partial charge in [-0.1, -0.05) is 18.7 Å². The van der Waals surface area contributed by atoms with Crippen LogP contribution in [0.25, 0.3) is 0 Å². The van der Waals surface area contributed by atoms with Gasteiger partial charge in [0.2, 0.25) is 6.41 Å². The number of hydrogen-bond donors (Lipinski definition) is 0. The predicted octanol–water partition coefficient (Wildman–Crippen LogP) is 2.75. The Morgan fingerprint density at radius 3 is 1.85 bits per heavy atom. The minimum absolute atomic E-state index is 0.0303. The van der Waals surface area contributed by atoms with Crippen molar-refractivity contribution in [2.45, 2.75) is 59.5 Å². The Bertz CT molecular complexity index is 502. The predicted molar refractivity (Wildman–Crippen MR) is 109 cm³/mol. The normalized spacial score (nSPS) is 13.3. The summed E-state index contributed by atoms with van der Waals surface area (Å²) >= 11 is 0. The maximum atomic E-state index is 8.04. The Labute approximate surface area is 167 Å². The quantitative estimate of drug-likeness (QED) is 0.249. The lowest BCUT2D eigenvalue weighted by Crippen LogP contribution is -2.49. The van der Waals surface area contributed by atoms with Gasteiger partial charge >= 0.3 is 0 Å². The number of nitrogens with zero attached hydrogens (tertiary/aromatic N) is 1. The van der Waals surface area contributed by atoms with Gasteiger partial charge in [-0.2, -0.15) is 0 Å². The first-order chi connectivity index (χ1) is 13.4. The van der Waals surface area contributed by atoms with E-state index in [1.54, 1.807) is 0 Å². The molecule has 0 aromatic rings. The molecule has 0 aromatic carbocycles. The lowest BCUT2D eigenvalue weighted by molar-refractivity contribution is -0.254. The molecule has 5 heteroatoms. The van der Waals surface area contributed by atoms with Gasteiger partial charge in [0.05, 0.1) is 26.4 Å². The molecule has 0 saturated carbocycles. The van der Waals surface area contributed by atoms with E-state index in [-0.39, 0.29) is 52.0 Å². The van der Waals surface area contributed by atoms with E-state index in [0.717, 1.165) is 0 Å². The number of ether oxygens (including phenoxy) is 4. The van der Waals surface area contributed by atoms with Crippen LogP contribution in [0.1, 0.15) is 42.4 Å². The van der Waals surface area contributed by atoms with E-state index >= 15 is 0 Å². The zero-order chi connectivity index (χ0) is 21.4. The van der Waals surface area contributed by atoms with E-state index in [0.29, 0.717) is 13.0 Å². The van der Waals surface area contributed by atoms with Gasteiger partial charge < -0.3 is 18.9 Å². The molecule has 0 aliphatic rings. The number of hydrogen-bond acceptors (Lipinski definition) is 5. The summed E-state index contributed by atoms with van der Waals surface area (Å²) < 4.78 is 31.1. The topological polar surface area (TPSA) is 40.2 Å². The van der Waals surface area contributed by atoms with E-state index in [4.69, 9.17) is 39.6 Å². The van der Waals surface area contributed by atoms with Crippen LogP contribution in [0, 0.1) is 42.4 Å². The second kappa shape index (κ2) is 14.5. The van der Waals surface area contributed by atoms with Crippen LogP contribution in [0.2, 0.25) is 0 Å². The molecular weight excluding hydrogens is 342 g/mol. The molecule has 0 fully saturated rings. The molecule has 5 nitrogen and oxygen atoms in total. The van der Waals surface area contributed by atoms with Crippen LogP contribution in [-0.4, -0.2) is 63.0 Å². The third-order valence-corrected chi connectivity index (χ3v) is 3.66. The summed E-state index contributed by atoms with van der Waals surface area (Å²) in [7, 11) is 0. The molecule has 0 amide bonds. The van der Waals surface area contributed by atoms with E-state index in [9.17, 15) is 0 Å². The fourth-order valence-corrected chi connectivity index (χ4v) is 2.55. The van der Waals surface area contributed by atoms with Crippen molar-refractivity contribution in [2.24, 2.45) is 5.41 Å². The molecule has 27 heavy (non-hydrogen) atoms. The monoisotopic (exact) mass is 378 g/mol. The molecule has 0 radical (unpaired) electrons. The fourth-order valence-electron chi connectivity index (χ4n) is 2.55. The maximum Gasteiger partial charge on any atom is 0.219 e. The standard InChI is InChI=1S/C22H35NO4/c1-9-12-15-26-21(23(19(4)5)20(6)7)27-18-22(8,16-24-13-10-2)17-25-14-11-3/h1-3,19-21H,12-18H2,4-8H3/i8D. The molecule has 152 valence electrons. The highest BCUT2D eigenvalue weighted by atomic mass is 16.7. The molecule has 0 bridgehead atoms. The average Bonchev–Trinajstić information content (AvgIpc) is 2.65. The molecule has 0 aliphatic heterocycles. The number of terminal acetylenes is 3. The van der Waals surface area contributed by atoms with E-state index in [2.05, 4.69) is 50.4 Å². The third-order valence-electron chi connectivity index (χ3n) is 3.66. The van der Waals surface area contributed by atoms with Crippen molar-refractivity contribution < 1.29 is 20.3 Å². The van der Waals surface area contributed by atoms with Crippen molar-refractivity contribution in [1.29, 1.82) is 0 Å². The van der Waals surface area contributed by atoms with Gasteiger partial charge in [-0.05, 0) is 27.7 Å². The van der Waals surface area contributed by atoms with Crippen LogP contribution < -0.4 is 0 Å². The minimum atomic E-state index is -0.707. The van der Waals surface area contributed by atoms with Crippen LogP contribution in [-0.2, 0) is 18.9 Å². The van der Waals surface area contributed by atoms with Crippen molar-refractivity contribution in [1.82, 2.24) is 4.90 Å². The van der Waals surface area contributed by atoms with Gasteiger partial charge in [-0.15, -0.1) is 25.2 Å². The Morgan fingerprint density at radius 2 is 1.44 bits per heavy atom. The van der Waals surface area contributed by atoms with Gasteiger partial charge in [-0.3, -0.25) is 4.90 Å². The summed E-state index contributed by atoms with van der Waals surface area (Å²) in [6, 6.07) is 0.383. The van der Waals surface area contributed by atoms with Crippen LogP contribution in [0.5, 0.6) is 0 Å². The first-order valence-corrected chi connectivity index (χ1v) is 9.13. The molecule has 0 spiro atoms. The SMILES string of the molecule is [2H]CC(COCC#C)(COCC#C)COC(OCCC#C)N(C(C)C)C(C)C. The first-order valence-electron chi connectivity index (χ1n) is 9.84. The average molecular weight is 379 g/mol. The Kier molecular flexibility index (Phi) is 12.7. The van der Waals surface area contributed by atoms with Gasteiger partial charge in [0.1, 0.15) is 13.2 Å². The molecule has 0 N–H and O–H groups in total. The highest BCUT2D eigenvalue weighted by Gasteiger charge is 2.31. The Morgan fingerprint density at radius 1 is 0.889 bits per heavy atom. The maximum absolute atomic E-state index is 8.04. The molecule has 0 saturated heterocycles. The van der Waals surface area contributed by atoms with Crippen molar-refractivity contribution in [3.8, 4) is 37.0 Å². The molecule has 1 unspecified atom stereocenters. The smallest absolute Gasteiger partial charge is 0.219 e. The van der Waals surface area contributed by atoms with Gasteiger partial charge in [-0.25, -0.2) is 0 Å². The first kappa shape index (κ1) is 23.5. The van der Waals surface area contributed by atoms with E-state index < -0.39 is 11.8 Å². The molecule has 0 rings (SSSR count). The zero-order valence-corrected chi connectivity index (χ0v) is 17.2. The minimum Gasteiger partial charge on any atom is -0.368 e. The van der Waals surface area contributed by atoms with Crippen molar-refractivity contribution in [3.63, 3.8) is 0 Å². The zero-order valence-electron chi connectivity index (χ0n) is 18.2. The summed E-state index contributed by atoms with van der Waals surface area (Å²) in [6.45, 7) is 9.67. The lowest BCUT2D eigenvalue weighted by Gasteiger charge is -2.39. The van der Waals surface area contributed by atoms with Crippen molar-refractivity contribution in [2.75, 3.05) is 39.6 Å². The summed E-state index contributed by atoms with van der Waals surface area (Å²) in [5, 5.41) is 0. The van der Waals surface area contributed by atoms with E-state index in [1.165, 1.54) is 0 Å². The second-order valence-electron chi connectivity index (χ2n) is 6.97. The van der Waals surface area contributed by atoms with Gasteiger partial charge in [0.15, 0.2) is 0 Å². The van der Waals surface area contributed by atoms with Crippen LogP contribution in [0.15, 0.2) is 0 Å². The van der Waals surface area contributed by atoms with Crippen molar-refractivity contribution >= 4 is 0 Å². The van der Waals surface area contributed by atoms with Crippen LogP contribution >= 0.6 is 0 Å². The third kappa shape index (κ3) is 11.0. The highest BCUT2D eigenvalue weighted by molar-refractivity contribution is 4.86. The molecular formula is C22H35NO4. The Balaban J connectivity index is 5.30. The Hall–Kier alpha value is -1.52. The van der Waals surface area contributed by atoms with Crippen molar-refractivity contribution in [3.05, 3.63) is 0 Å². The van der Waals surface area contributed by atoms with E-state index in [1.807, 2.05) is 0 Å². The van der Waals surface area contributed by atoms with Crippen LogP contribution in [0.4, 0.5) is 0 Å². The summed E-state index contributed by atoms with van der Waals surface area (Å²) in [4.78, 5) is 2.11. The fraction of sp³-hybridized carbons (Fsp3) is 0.727. The molecule has 1 atom stereocenters. The number of rotatable bonds is 15. The molecule has 0 aromatic heterocycles. The second-order valence-corrected chi connectivity index (χ2v) is 6.97. The molecule has 0 aliphatic carbocycles. The largest absolute Gasteiger partial charge is 0.368 e. The summed E-state index contributed by atoms with van der Waals surface area (Å²) in [5.74, 6) is 7.43. The highest BCUT2D eigenvalue weighted by Crippen LogP contribution is 2.22. The van der Waals surface area contributed by atoms with Gasteiger partial charge in [0, 0.05) is 25.3 Å². The molecule has 0 heterocycles. The lowest BCUT2D eigenvalue weighted by atomic mass is 9.94.